The molecule has 6 heteroatoms. The molecule has 0 radical (unpaired) electrons. The zero-order valence-corrected chi connectivity index (χ0v) is 19.6. The summed E-state index contributed by atoms with van der Waals surface area (Å²) in [5, 5.41) is 16.1. The summed E-state index contributed by atoms with van der Waals surface area (Å²) in [6.07, 6.45) is 5.43. The zero-order valence-electron chi connectivity index (χ0n) is 19.6. The molecule has 2 saturated carbocycles. The van der Waals surface area contributed by atoms with E-state index in [1.54, 1.807) is 0 Å². The van der Waals surface area contributed by atoms with Crippen LogP contribution in [-0.2, 0) is 5.54 Å². The summed E-state index contributed by atoms with van der Waals surface area (Å²) in [6.45, 7) is 1.84. The summed E-state index contributed by atoms with van der Waals surface area (Å²) in [4.78, 5) is 9.85. The number of hydrogen-bond donors (Lipinski definition) is 2. The first kappa shape index (κ1) is 20.7. The zero-order chi connectivity index (χ0) is 23.8. The van der Waals surface area contributed by atoms with Crippen molar-refractivity contribution in [1.82, 2.24) is 19.6 Å². The Balaban J connectivity index is 1.39. The van der Waals surface area contributed by atoms with Gasteiger partial charge in [-0.25, -0.2) is 9.97 Å². The second-order valence-electron chi connectivity index (χ2n) is 10.6. The van der Waals surface area contributed by atoms with Crippen molar-refractivity contribution < 1.29 is 5.11 Å². The van der Waals surface area contributed by atoms with E-state index in [4.69, 9.17) is 15.8 Å². The highest BCUT2D eigenvalue weighted by Crippen LogP contribution is 2.46. The molecule has 0 atom stereocenters. The summed E-state index contributed by atoms with van der Waals surface area (Å²) >= 11 is 0. The van der Waals surface area contributed by atoms with E-state index in [9.17, 15) is 5.11 Å². The van der Waals surface area contributed by atoms with Gasteiger partial charge in [-0.3, -0.25) is 0 Å². The summed E-state index contributed by atoms with van der Waals surface area (Å²) in [5.41, 5.74) is 13.3. The van der Waals surface area contributed by atoms with E-state index in [1.165, 1.54) is 12.8 Å². The average molecular weight is 462 g/mol. The molecule has 0 amide bonds. The second kappa shape index (κ2) is 7.20. The van der Waals surface area contributed by atoms with Gasteiger partial charge < -0.3 is 10.8 Å². The largest absolute Gasteiger partial charge is 0.390 e. The molecule has 2 aromatic carbocycles. The molecule has 3 N–H and O–H groups in total. The Labute approximate surface area is 203 Å². The van der Waals surface area contributed by atoms with Crippen molar-refractivity contribution in [1.29, 1.82) is 0 Å². The third-order valence-corrected chi connectivity index (χ3v) is 7.48. The molecule has 0 unspecified atom stereocenters. The van der Waals surface area contributed by atoms with Crippen molar-refractivity contribution in [2.45, 2.75) is 49.7 Å². The minimum Gasteiger partial charge on any atom is -0.390 e. The second-order valence-corrected chi connectivity index (χ2v) is 10.6. The van der Waals surface area contributed by atoms with Crippen LogP contribution in [0.15, 0.2) is 72.9 Å². The minimum absolute atomic E-state index is 0.479. The van der Waals surface area contributed by atoms with E-state index in [2.05, 4.69) is 53.5 Å². The molecule has 0 saturated heterocycles. The smallest absolute Gasteiger partial charge is 0.165 e. The van der Waals surface area contributed by atoms with Gasteiger partial charge in [0.2, 0.25) is 0 Å². The average Bonchev–Trinajstić information content (AvgIpc) is 3.61. The lowest BCUT2D eigenvalue weighted by molar-refractivity contribution is -0.0738. The lowest BCUT2D eigenvalue weighted by Gasteiger charge is -2.49. The summed E-state index contributed by atoms with van der Waals surface area (Å²) < 4.78 is 1.89. The van der Waals surface area contributed by atoms with E-state index in [0.29, 0.717) is 18.8 Å². The first-order chi connectivity index (χ1) is 16.9. The predicted octanol–water partition coefficient (Wildman–Crippen LogP) is 5.19. The number of fused-ring (bicyclic) bond motifs is 3. The van der Waals surface area contributed by atoms with Gasteiger partial charge >= 0.3 is 0 Å². The third kappa shape index (κ3) is 3.44. The van der Waals surface area contributed by atoms with Crippen LogP contribution < -0.4 is 5.73 Å². The van der Waals surface area contributed by atoms with Gasteiger partial charge in [0.1, 0.15) is 0 Å². The van der Waals surface area contributed by atoms with Crippen molar-refractivity contribution in [3.8, 4) is 22.4 Å². The molecule has 0 bridgehead atoms. The van der Waals surface area contributed by atoms with Gasteiger partial charge in [0.25, 0.3) is 0 Å². The number of pyridine rings is 1. The van der Waals surface area contributed by atoms with Crippen LogP contribution >= 0.6 is 0 Å². The Bertz CT molecular complexity index is 1580. The summed E-state index contributed by atoms with van der Waals surface area (Å²) in [7, 11) is 0. The molecule has 3 heterocycles. The lowest BCUT2D eigenvalue weighted by Crippen LogP contribution is -2.58. The quantitative estimate of drug-likeness (QED) is 0.385. The van der Waals surface area contributed by atoms with E-state index in [1.807, 2.05) is 35.8 Å². The number of rotatable bonds is 4. The highest BCUT2D eigenvalue weighted by molar-refractivity contribution is 5.90. The van der Waals surface area contributed by atoms with Gasteiger partial charge in [0, 0.05) is 40.2 Å². The number of hydrogen-bond acceptors (Lipinski definition) is 5. The van der Waals surface area contributed by atoms with E-state index in [0.717, 1.165) is 50.3 Å². The van der Waals surface area contributed by atoms with Gasteiger partial charge in [0.05, 0.1) is 17.0 Å². The molecule has 35 heavy (non-hydrogen) atoms. The fraction of sp³-hybridized carbons (Fsp3) is 0.276. The molecule has 2 fully saturated rings. The predicted molar refractivity (Wildman–Crippen MR) is 137 cm³/mol. The van der Waals surface area contributed by atoms with Crippen LogP contribution in [-0.4, -0.2) is 30.3 Å². The Hall–Kier alpha value is -3.61. The summed E-state index contributed by atoms with van der Waals surface area (Å²) in [5.74, 6) is 0.554. The van der Waals surface area contributed by atoms with Gasteiger partial charge in [-0.1, -0.05) is 54.6 Å². The number of nitrogens with zero attached hydrogens (tertiary/aromatic N) is 4. The minimum atomic E-state index is -0.684. The Morgan fingerprint density at radius 1 is 0.971 bits per heavy atom. The highest BCUT2D eigenvalue weighted by Gasteiger charge is 2.49. The Morgan fingerprint density at radius 3 is 2.40 bits per heavy atom. The SMILES string of the molecule is C[C@]1(O)C[C@@](N)(c2ccc(-c3nc4c(cnc5cc(C6CC6)nn54)cc3-c3ccccc3)cc2)C1. The maximum Gasteiger partial charge on any atom is 0.165 e. The maximum atomic E-state index is 10.2. The normalized spacial score (nSPS) is 24.1. The number of benzene rings is 2. The number of aliphatic hydroxyl groups is 1. The van der Waals surface area contributed by atoms with Crippen LogP contribution in [0, 0.1) is 0 Å². The Kier molecular flexibility index (Phi) is 4.26. The van der Waals surface area contributed by atoms with E-state index < -0.39 is 11.1 Å². The first-order valence-corrected chi connectivity index (χ1v) is 12.3. The van der Waals surface area contributed by atoms with Crippen molar-refractivity contribution in [2.24, 2.45) is 5.73 Å². The van der Waals surface area contributed by atoms with Gasteiger partial charge in [-0.15, -0.1) is 0 Å². The van der Waals surface area contributed by atoms with Crippen LogP contribution in [0.1, 0.15) is 49.8 Å². The fourth-order valence-corrected chi connectivity index (χ4v) is 5.66. The summed E-state index contributed by atoms with van der Waals surface area (Å²) in [6, 6.07) is 22.9. The van der Waals surface area contributed by atoms with Crippen molar-refractivity contribution >= 4 is 16.7 Å². The highest BCUT2D eigenvalue weighted by atomic mass is 16.3. The molecule has 0 aliphatic heterocycles. The maximum absolute atomic E-state index is 10.2. The molecular weight excluding hydrogens is 434 g/mol. The molecule has 2 aliphatic carbocycles. The van der Waals surface area contributed by atoms with Crippen LogP contribution in [0.25, 0.3) is 39.1 Å². The number of nitrogens with two attached hydrogens (primary N) is 1. The molecule has 2 aliphatic rings. The van der Waals surface area contributed by atoms with Crippen LogP contribution in [0.3, 0.4) is 0 Å². The lowest BCUT2D eigenvalue weighted by atomic mass is 9.63. The molecule has 0 spiro atoms. The van der Waals surface area contributed by atoms with Crippen molar-refractivity contribution in [3.63, 3.8) is 0 Å². The monoisotopic (exact) mass is 461 g/mol. The third-order valence-electron chi connectivity index (χ3n) is 7.48. The van der Waals surface area contributed by atoms with E-state index >= 15 is 0 Å². The van der Waals surface area contributed by atoms with Crippen molar-refractivity contribution in [2.75, 3.05) is 0 Å². The van der Waals surface area contributed by atoms with Crippen LogP contribution in [0.5, 0.6) is 0 Å². The van der Waals surface area contributed by atoms with Crippen LogP contribution in [0.4, 0.5) is 0 Å². The van der Waals surface area contributed by atoms with E-state index in [-0.39, 0.29) is 0 Å². The van der Waals surface area contributed by atoms with Crippen molar-refractivity contribution in [3.05, 3.63) is 84.2 Å². The standard InChI is InChI=1S/C29H27N5O/c1-28(35)16-29(30,17-28)22-11-9-20(10-12-22)26-23(18-5-3-2-4-6-18)13-21-15-31-25-14-24(19-7-8-19)33-34(25)27(21)32-26/h2-6,9-15,19,35H,7-8,16-17,30H2,1H3/t28-,29-. The molecule has 5 aromatic rings. The van der Waals surface area contributed by atoms with Gasteiger partial charge in [-0.05, 0) is 49.8 Å². The molecule has 7 rings (SSSR count). The first-order valence-electron chi connectivity index (χ1n) is 12.3. The fourth-order valence-electron chi connectivity index (χ4n) is 5.66. The van der Waals surface area contributed by atoms with Crippen LogP contribution in [0.2, 0.25) is 0 Å². The molecule has 174 valence electrons. The van der Waals surface area contributed by atoms with Gasteiger partial charge in [-0.2, -0.15) is 9.61 Å². The van der Waals surface area contributed by atoms with Gasteiger partial charge in [0.15, 0.2) is 11.3 Å². The molecule has 6 nitrogen and oxygen atoms in total. The molecule has 3 aromatic heterocycles. The molecular formula is C29H27N5O. The number of aromatic nitrogens is 4. The topological polar surface area (TPSA) is 89.3 Å². The Morgan fingerprint density at radius 2 is 1.71 bits per heavy atom.